The first-order chi connectivity index (χ1) is 11.6. The standard InChI is InChI=1S/C15H14ClN5O3/c1-18-14-11(16)20-10(12(17)22)13(21-14)19-9-4-2-8(3-5-9)15-23-6-7-24-15/h2-7,15H,1H3,(H2,17,22)(H2,18,19,21). The number of primary amides is 1. The van der Waals surface area contributed by atoms with Crippen LogP contribution in [0.25, 0.3) is 0 Å². The Labute approximate surface area is 142 Å². The number of anilines is 3. The molecule has 0 atom stereocenters. The van der Waals surface area contributed by atoms with Crippen molar-refractivity contribution in [1.29, 1.82) is 0 Å². The molecule has 2 heterocycles. The molecule has 4 N–H and O–H groups in total. The Morgan fingerprint density at radius 3 is 2.42 bits per heavy atom. The van der Waals surface area contributed by atoms with Crippen LogP contribution in [-0.2, 0) is 9.47 Å². The molecule has 0 spiro atoms. The first kappa shape index (κ1) is 15.9. The van der Waals surface area contributed by atoms with E-state index in [-0.39, 0.29) is 16.7 Å². The molecule has 0 radical (unpaired) electrons. The zero-order valence-electron chi connectivity index (χ0n) is 12.6. The fraction of sp³-hybridized carbons (Fsp3) is 0.133. The molecule has 0 fully saturated rings. The molecular weight excluding hydrogens is 334 g/mol. The van der Waals surface area contributed by atoms with E-state index in [2.05, 4.69) is 20.6 Å². The molecule has 24 heavy (non-hydrogen) atoms. The molecule has 0 saturated heterocycles. The maximum atomic E-state index is 11.6. The van der Waals surface area contributed by atoms with E-state index in [1.54, 1.807) is 19.2 Å². The molecule has 0 aliphatic carbocycles. The third-order valence-corrected chi connectivity index (χ3v) is 3.49. The number of carbonyl (C=O) groups excluding carboxylic acids is 1. The van der Waals surface area contributed by atoms with Crippen molar-refractivity contribution in [3.8, 4) is 0 Å². The van der Waals surface area contributed by atoms with Crippen molar-refractivity contribution in [2.75, 3.05) is 17.7 Å². The average Bonchev–Trinajstić information content (AvgIpc) is 3.11. The van der Waals surface area contributed by atoms with Gasteiger partial charge in [0, 0.05) is 18.3 Å². The largest absolute Gasteiger partial charge is 0.455 e. The van der Waals surface area contributed by atoms with E-state index in [4.69, 9.17) is 26.8 Å². The number of benzene rings is 1. The molecule has 0 unspecified atom stereocenters. The summed E-state index contributed by atoms with van der Waals surface area (Å²) in [5.41, 5.74) is 6.82. The summed E-state index contributed by atoms with van der Waals surface area (Å²) in [6.45, 7) is 0. The number of amides is 1. The fourth-order valence-corrected chi connectivity index (χ4v) is 2.31. The van der Waals surface area contributed by atoms with Crippen LogP contribution in [0.15, 0.2) is 36.8 Å². The van der Waals surface area contributed by atoms with E-state index in [9.17, 15) is 4.79 Å². The van der Waals surface area contributed by atoms with Crippen molar-refractivity contribution in [1.82, 2.24) is 9.97 Å². The highest BCUT2D eigenvalue weighted by Crippen LogP contribution is 2.27. The Kier molecular flexibility index (Phi) is 4.39. The quantitative estimate of drug-likeness (QED) is 0.761. The zero-order chi connectivity index (χ0) is 17.1. The van der Waals surface area contributed by atoms with Crippen molar-refractivity contribution < 1.29 is 14.3 Å². The zero-order valence-corrected chi connectivity index (χ0v) is 13.4. The Morgan fingerprint density at radius 2 is 1.83 bits per heavy atom. The van der Waals surface area contributed by atoms with Crippen molar-refractivity contribution in [3.63, 3.8) is 0 Å². The number of nitrogens with one attached hydrogen (secondary N) is 2. The molecule has 1 aromatic heterocycles. The van der Waals surface area contributed by atoms with E-state index in [1.807, 2.05) is 12.1 Å². The van der Waals surface area contributed by atoms with Crippen LogP contribution >= 0.6 is 11.6 Å². The number of aromatic nitrogens is 2. The molecule has 1 amide bonds. The SMILES string of the molecule is CNc1nc(Nc2ccc(C3OC=CO3)cc2)c(C(N)=O)nc1Cl. The van der Waals surface area contributed by atoms with E-state index in [0.717, 1.165) is 5.56 Å². The van der Waals surface area contributed by atoms with Crippen LogP contribution in [0.2, 0.25) is 5.15 Å². The first-order valence-electron chi connectivity index (χ1n) is 6.96. The topological polar surface area (TPSA) is 111 Å². The lowest BCUT2D eigenvalue weighted by molar-refractivity contribution is -0.0245. The highest BCUT2D eigenvalue weighted by molar-refractivity contribution is 6.32. The van der Waals surface area contributed by atoms with Crippen molar-refractivity contribution in [2.24, 2.45) is 5.73 Å². The minimum absolute atomic E-state index is 0.0465. The molecule has 1 aliphatic heterocycles. The van der Waals surface area contributed by atoms with Crippen molar-refractivity contribution in [3.05, 3.63) is 53.2 Å². The van der Waals surface area contributed by atoms with Crippen LogP contribution < -0.4 is 16.4 Å². The van der Waals surface area contributed by atoms with Gasteiger partial charge in [-0.15, -0.1) is 0 Å². The second kappa shape index (κ2) is 6.63. The summed E-state index contributed by atoms with van der Waals surface area (Å²) in [7, 11) is 1.65. The van der Waals surface area contributed by atoms with Crippen LogP contribution in [0.1, 0.15) is 22.3 Å². The second-order valence-corrected chi connectivity index (χ2v) is 5.16. The fourth-order valence-electron chi connectivity index (χ4n) is 2.09. The highest BCUT2D eigenvalue weighted by atomic mass is 35.5. The van der Waals surface area contributed by atoms with Gasteiger partial charge in [0.15, 0.2) is 22.5 Å². The van der Waals surface area contributed by atoms with Gasteiger partial charge in [-0.1, -0.05) is 11.6 Å². The van der Waals surface area contributed by atoms with Gasteiger partial charge in [0.1, 0.15) is 12.5 Å². The van der Waals surface area contributed by atoms with E-state index in [1.165, 1.54) is 12.5 Å². The number of ether oxygens (including phenoxy) is 2. The van der Waals surface area contributed by atoms with Gasteiger partial charge in [0.25, 0.3) is 12.2 Å². The van der Waals surface area contributed by atoms with Crippen molar-refractivity contribution in [2.45, 2.75) is 6.29 Å². The van der Waals surface area contributed by atoms with Gasteiger partial charge in [-0.3, -0.25) is 4.79 Å². The van der Waals surface area contributed by atoms with Crippen LogP contribution in [0.4, 0.5) is 17.3 Å². The summed E-state index contributed by atoms with van der Waals surface area (Å²) >= 11 is 5.94. The van der Waals surface area contributed by atoms with Crippen LogP contribution in [0.5, 0.6) is 0 Å². The van der Waals surface area contributed by atoms with Gasteiger partial charge in [0.05, 0.1) is 0 Å². The monoisotopic (exact) mass is 347 g/mol. The second-order valence-electron chi connectivity index (χ2n) is 4.80. The summed E-state index contributed by atoms with van der Waals surface area (Å²) in [5.74, 6) is -0.191. The predicted octanol–water partition coefficient (Wildman–Crippen LogP) is 2.53. The summed E-state index contributed by atoms with van der Waals surface area (Å²) in [6, 6.07) is 7.24. The van der Waals surface area contributed by atoms with Crippen LogP contribution in [-0.4, -0.2) is 22.9 Å². The molecule has 0 saturated carbocycles. The van der Waals surface area contributed by atoms with Gasteiger partial charge in [-0.25, -0.2) is 9.97 Å². The Bertz CT molecular complexity index is 786. The summed E-state index contributed by atoms with van der Waals surface area (Å²) in [6.07, 6.45) is 2.52. The minimum Gasteiger partial charge on any atom is -0.455 e. The molecule has 2 aromatic rings. The first-order valence-corrected chi connectivity index (χ1v) is 7.34. The number of halogens is 1. The number of hydrogen-bond acceptors (Lipinski definition) is 7. The Hall–Kier alpha value is -3.00. The van der Waals surface area contributed by atoms with Crippen LogP contribution in [0, 0.1) is 0 Å². The molecule has 1 aromatic carbocycles. The maximum absolute atomic E-state index is 11.6. The maximum Gasteiger partial charge on any atom is 0.271 e. The lowest BCUT2D eigenvalue weighted by Gasteiger charge is -2.13. The minimum atomic E-state index is -0.731. The number of hydrogen-bond donors (Lipinski definition) is 3. The van der Waals surface area contributed by atoms with Gasteiger partial charge in [-0.05, 0) is 24.3 Å². The van der Waals surface area contributed by atoms with Crippen molar-refractivity contribution >= 4 is 34.8 Å². The molecule has 124 valence electrons. The summed E-state index contributed by atoms with van der Waals surface area (Å²) in [4.78, 5) is 19.8. The molecule has 1 aliphatic rings. The Balaban J connectivity index is 1.85. The van der Waals surface area contributed by atoms with Crippen LogP contribution in [0.3, 0.4) is 0 Å². The third kappa shape index (κ3) is 3.18. The number of nitrogens with zero attached hydrogens (tertiary/aromatic N) is 2. The molecule has 3 rings (SSSR count). The normalized spacial score (nSPS) is 13.2. The van der Waals surface area contributed by atoms with E-state index in [0.29, 0.717) is 11.5 Å². The molecule has 9 heteroatoms. The molecule has 8 nitrogen and oxygen atoms in total. The van der Waals surface area contributed by atoms with E-state index < -0.39 is 12.2 Å². The lowest BCUT2D eigenvalue weighted by atomic mass is 10.2. The number of carbonyl (C=O) groups is 1. The molecular formula is C15H14ClN5O3. The lowest BCUT2D eigenvalue weighted by Crippen LogP contribution is -2.17. The predicted molar refractivity (Wildman–Crippen MR) is 88.9 cm³/mol. The van der Waals surface area contributed by atoms with Gasteiger partial charge in [0.2, 0.25) is 0 Å². The average molecular weight is 348 g/mol. The highest BCUT2D eigenvalue weighted by Gasteiger charge is 2.18. The van der Waals surface area contributed by atoms with E-state index >= 15 is 0 Å². The third-order valence-electron chi connectivity index (χ3n) is 3.23. The van der Waals surface area contributed by atoms with Gasteiger partial charge in [-0.2, -0.15) is 0 Å². The van der Waals surface area contributed by atoms with Gasteiger partial charge < -0.3 is 25.8 Å². The number of nitrogens with two attached hydrogens (primary N) is 1. The van der Waals surface area contributed by atoms with Gasteiger partial charge >= 0.3 is 0 Å². The number of rotatable bonds is 5. The smallest absolute Gasteiger partial charge is 0.271 e. The summed E-state index contributed by atoms with van der Waals surface area (Å²) in [5, 5.41) is 5.86. The Morgan fingerprint density at radius 1 is 1.17 bits per heavy atom. The molecule has 0 bridgehead atoms. The summed E-state index contributed by atoms with van der Waals surface area (Å²) < 4.78 is 10.5.